The maximum atomic E-state index is 12.4. The Morgan fingerprint density at radius 3 is 2.67 bits per heavy atom. The first kappa shape index (κ1) is 18.6. The van der Waals surface area contributed by atoms with Crippen LogP contribution < -0.4 is 10.0 Å². The highest BCUT2D eigenvalue weighted by Gasteiger charge is 2.18. The molecule has 1 aromatic carbocycles. The van der Waals surface area contributed by atoms with Crippen LogP contribution in [0.25, 0.3) is 0 Å². The summed E-state index contributed by atoms with van der Waals surface area (Å²) in [6.07, 6.45) is -0.390. The lowest BCUT2D eigenvalue weighted by molar-refractivity contribution is -0.114. The number of aliphatic hydroxyl groups excluding tert-OH is 1. The second-order valence-corrected chi connectivity index (χ2v) is 8.09. The van der Waals surface area contributed by atoms with Gasteiger partial charge in [-0.2, -0.15) is 0 Å². The topological polar surface area (TPSA) is 95.5 Å². The summed E-state index contributed by atoms with van der Waals surface area (Å²) in [5.41, 5.74) is 1.08. The molecule has 6 nitrogen and oxygen atoms in total. The third-order valence-corrected chi connectivity index (χ3v) is 5.96. The van der Waals surface area contributed by atoms with Gasteiger partial charge in [0.2, 0.25) is 15.9 Å². The minimum atomic E-state index is -3.67. The fourth-order valence-corrected chi connectivity index (χ4v) is 4.28. The predicted molar refractivity (Wildman–Crippen MR) is 94.6 cm³/mol. The Morgan fingerprint density at radius 2 is 2.08 bits per heavy atom. The summed E-state index contributed by atoms with van der Waals surface area (Å²) < 4.78 is 27.3. The number of sulfonamides is 1. The minimum Gasteiger partial charge on any atom is -0.388 e. The van der Waals surface area contributed by atoms with E-state index in [1.54, 1.807) is 19.1 Å². The number of carbonyl (C=O) groups excluding carboxylic acids is 1. The van der Waals surface area contributed by atoms with E-state index >= 15 is 0 Å². The molecule has 0 aliphatic rings. The van der Waals surface area contributed by atoms with Crippen molar-refractivity contribution in [3.05, 3.63) is 46.2 Å². The molecule has 0 aliphatic heterocycles. The maximum absolute atomic E-state index is 12.4. The molecule has 3 N–H and O–H groups in total. The molecule has 0 radical (unpaired) electrons. The van der Waals surface area contributed by atoms with E-state index in [0.717, 1.165) is 4.88 Å². The average Bonchev–Trinajstić information content (AvgIpc) is 3.00. The highest BCUT2D eigenvalue weighted by molar-refractivity contribution is 7.89. The zero-order chi connectivity index (χ0) is 17.7. The Kier molecular flexibility index (Phi) is 6.11. The van der Waals surface area contributed by atoms with Crippen molar-refractivity contribution in [1.29, 1.82) is 0 Å². The molecule has 1 unspecified atom stereocenters. The fraction of sp³-hybridized carbons (Fsp3) is 0.312. The third-order valence-electron chi connectivity index (χ3n) is 3.37. The number of aliphatic hydroxyl groups is 1. The van der Waals surface area contributed by atoms with E-state index in [2.05, 4.69) is 10.0 Å². The van der Waals surface area contributed by atoms with Crippen LogP contribution in [0.5, 0.6) is 0 Å². The Morgan fingerprint density at radius 1 is 1.33 bits per heavy atom. The van der Waals surface area contributed by atoms with Crippen LogP contribution in [0.15, 0.2) is 40.6 Å². The van der Waals surface area contributed by atoms with Crippen molar-refractivity contribution in [2.75, 3.05) is 11.9 Å². The van der Waals surface area contributed by atoms with Crippen molar-refractivity contribution in [2.24, 2.45) is 0 Å². The molecule has 0 fully saturated rings. The second-order valence-electron chi connectivity index (χ2n) is 5.38. The van der Waals surface area contributed by atoms with Crippen LogP contribution in [0.1, 0.15) is 29.9 Å². The highest BCUT2D eigenvalue weighted by atomic mass is 32.2. The molecule has 1 aromatic heterocycles. The number of rotatable bonds is 7. The summed E-state index contributed by atoms with van der Waals surface area (Å²) >= 11 is 1.43. The van der Waals surface area contributed by atoms with Gasteiger partial charge in [-0.25, -0.2) is 13.1 Å². The van der Waals surface area contributed by atoms with Crippen LogP contribution in [0.3, 0.4) is 0 Å². The SMILES string of the molecule is CC(=O)Nc1ccc(S(=O)(=O)NCCC(O)c2cccs2)c(C)c1. The molecule has 0 bridgehead atoms. The monoisotopic (exact) mass is 368 g/mol. The second kappa shape index (κ2) is 7.89. The van der Waals surface area contributed by atoms with Gasteiger partial charge in [-0.3, -0.25) is 4.79 Å². The lowest BCUT2D eigenvalue weighted by Crippen LogP contribution is -2.26. The molecule has 0 saturated carbocycles. The van der Waals surface area contributed by atoms with Crippen molar-refractivity contribution in [2.45, 2.75) is 31.3 Å². The molecule has 0 spiro atoms. The molecular formula is C16H20N2O4S2. The zero-order valence-electron chi connectivity index (χ0n) is 13.4. The molecule has 130 valence electrons. The Balaban J connectivity index is 2.01. The van der Waals surface area contributed by atoms with E-state index < -0.39 is 16.1 Å². The molecule has 2 rings (SSSR count). The van der Waals surface area contributed by atoms with Crippen molar-refractivity contribution < 1.29 is 18.3 Å². The lowest BCUT2D eigenvalue weighted by Gasteiger charge is -2.12. The number of nitrogens with one attached hydrogen (secondary N) is 2. The Hall–Kier alpha value is -1.74. The summed E-state index contributed by atoms with van der Waals surface area (Å²) in [7, 11) is -3.67. The fourth-order valence-electron chi connectivity index (χ4n) is 2.26. The molecule has 1 atom stereocenters. The Bertz CT molecular complexity index is 801. The van der Waals surface area contributed by atoms with Crippen LogP contribution in [-0.4, -0.2) is 26.0 Å². The van der Waals surface area contributed by atoms with E-state index in [9.17, 15) is 18.3 Å². The first-order valence-electron chi connectivity index (χ1n) is 7.39. The van der Waals surface area contributed by atoms with Gasteiger partial charge < -0.3 is 10.4 Å². The van der Waals surface area contributed by atoms with Crippen LogP contribution in [0, 0.1) is 6.92 Å². The van der Waals surface area contributed by atoms with Gasteiger partial charge in [-0.05, 0) is 48.6 Å². The number of amides is 1. The first-order chi connectivity index (χ1) is 11.3. The minimum absolute atomic E-state index is 0.133. The quantitative estimate of drug-likeness (QED) is 0.699. The smallest absolute Gasteiger partial charge is 0.240 e. The van der Waals surface area contributed by atoms with E-state index in [1.165, 1.54) is 24.3 Å². The summed E-state index contributed by atoms with van der Waals surface area (Å²) in [6.45, 7) is 3.19. The van der Waals surface area contributed by atoms with Gasteiger partial charge in [0.05, 0.1) is 11.0 Å². The van der Waals surface area contributed by atoms with Crippen molar-refractivity contribution in [3.63, 3.8) is 0 Å². The molecule has 8 heteroatoms. The summed E-state index contributed by atoms with van der Waals surface area (Å²) in [4.78, 5) is 12.0. The molecule has 24 heavy (non-hydrogen) atoms. The zero-order valence-corrected chi connectivity index (χ0v) is 15.1. The largest absolute Gasteiger partial charge is 0.388 e. The van der Waals surface area contributed by atoms with Crippen molar-refractivity contribution in [3.8, 4) is 0 Å². The van der Waals surface area contributed by atoms with E-state index in [0.29, 0.717) is 17.7 Å². The van der Waals surface area contributed by atoms with Gasteiger partial charge in [-0.1, -0.05) is 6.07 Å². The van der Waals surface area contributed by atoms with Crippen LogP contribution >= 0.6 is 11.3 Å². The van der Waals surface area contributed by atoms with E-state index in [1.807, 2.05) is 17.5 Å². The lowest BCUT2D eigenvalue weighted by atomic mass is 10.2. The van der Waals surface area contributed by atoms with Crippen LogP contribution in [0.4, 0.5) is 5.69 Å². The standard InChI is InChI=1S/C16H20N2O4S2/c1-11-10-13(18-12(2)19)5-6-16(11)24(21,22)17-8-7-14(20)15-4-3-9-23-15/h3-6,9-10,14,17,20H,7-8H2,1-2H3,(H,18,19). The van der Waals surface area contributed by atoms with E-state index in [4.69, 9.17) is 0 Å². The van der Waals surface area contributed by atoms with Gasteiger partial charge >= 0.3 is 0 Å². The third kappa shape index (κ3) is 4.88. The van der Waals surface area contributed by atoms with Crippen LogP contribution in [-0.2, 0) is 14.8 Å². The number of aryl methyl sites for hydroxylation is 1. The molecule has 2 aromatic rings. The number of carbonyl (C=O) groups is 1. The number of hydrogen-bond donors (Lipinski definition) is 3. The number of benzene rings is 1. The normalized spacial score (nSPS) is 12.8. The van der Waals surface area contributed by atoms with Gasteiger partial charge in [0.1, 0.15) is 0 Å². The first-order valence-corrected chi connectivity index (χ1v) is 9.75. The van der Waals surface area contributed by atoms with Gasteiger partial charge in [0.15, 0.2) is 0 Å². The summed E-state index contributed by atoms with van der Waals surface area (Å²) in [5.74, 6) is -0.217. The number of anilines is 1. The van der Waals surface area contributed by atoms with Crippen molar-refractivity contribution >= 4 is 33.0 Å². The number of thiophene rings is 1. The van der Waals surface area contributed by atoms with Crippen molar-refractivity contribution in [1.82, 2.24) is 4.72 Å². The van der Waals surface area contributed by atoms with Gasteiger partial charge in [-0.15, -0.1) is 11.3 Å². The number of hydrogen-bond acceptors (Lipinski definition) is 5. The molecule has 0 aliphatic carbocycles. The predicted octanol–water partition coefficient (Wildman–Crippen LogP) is 2.42. The molecular weight excluding hydrogens is 348 g/mol. The maximum Gasteiger partial charge on any atom is 0.240 e. The van der Waals surface area contributed by atoms with E-state index in [-0.39, 0.29) is 17.3 Å². The molecule has 0 saturated heterocycles. The summed E-state index contributed by atoms with van der Waals surface area (Å²) in [6, 6.07) is 8.26. The molecule has 1 amide bonds. The summed E-state index contributed by atoms with van der Waals surface area (Å²) in [5, 5.41) is 14.5. The highest BCUT2D eigenvalue weighted by Crippen LogP contribution is 2.22. The molecule has 1 heterocycles. The average molecular weight is 368 g/mol. The van der Waals surface area contributed by atoms with Crippen LogP contribution in [0.2, 0.25) is 0 Å². The van der Waals surface area contributed by atoms with Gasteiger partial charge in [0.25, 0.3) is 0 Å². The van der Waals surface area contributed by atoms with Gasteiger partial charge in [0, 0.05) is 24.0 Å². The Labute approximate surface area is 145 Å².